The van der Waals surface area contributed by atoms with Crippen LogP contribution >= 0.6 is 0 Å². The predicted octanol–water partition coefficient (Wildman–Crippen LogP) is 5.89. The van der Waals surface area contributed by atoms with Gasteiger partial charge in [-0.1, -0.05) is 31.6 Å². The summed E-state index contributed by atoms with van der Waals surface area (Å²) in [4.78, 5) is 0. The van der Waals surface area contributed by atoms with Gasteiger partial charge in [0.25, 0.3) is 0 Å². The summed E-state index contributed by atoms with van der Waals surface area (Å²) in [6.07, 6.45) is 17.4. The maximum absolute atomic E-state index is 10.1. The predicted molar refractivity (Wildman–Crippen MR) is 101 cm³/mol. The van der Waals surface area contributed by atoms with E-state index in [2.05, 4.69) is 32.6 Å². The topological polar surface area (TPSA) is 20.2 Å². The second-order valence-corrected chi connectivity index (χ2v) is 9.84. The number of aliphatic hydroxyl groups is 1. The first-order valence-corrected chi connectivity index (χ1v) is 10.5. The van der Waals surface area contributed by atoms with Gasteiger partial charge in [-0.15, -0.1) is 6.58 Å². The fourth-order valence-electron chi connectivity index (χ4n) is 7.54. The third-order valence-electron chi connectivity index (χ3n) is 8.99. The summed E-state index contributed by atoms with van der Waals surface area (Å²) in [6.45, 7) is 9.11. The van der Waals surface area contributed by atoms with E-state index in [4.69, 9.17) is 0 Å². The van der Waals surface area contributed by atoms with Crippen LogP contribution in [0.2, 0.25) is 0 Å². The smallest absolute Gasteiger partial charge is 0.0577 e. The fourth-order valence-corrected chi connectivity index (χ4v) is 7.54. The molecule has 0 amide bonds. The highest BCUT2D eigenvalue weighted by Gasteiger charge is 2.58. The molecule has 1 N–H and O–H groups in total. The summed E-state index contributed by atoms with van der Waals surface area (Å²) < 4.78 is 0. The van der Waals surface area contributed by atoms with E-state index in [1.165, 1.54) is 51.4 Å². The maximum Gasteiger partial charge on any atom is 0.0577 e. The highest BCUT2D eigenvalue weighted by molar-refractivity contribution is 5.25. The van der Waals surface area contributed by atoms with Crippen molar-refractivity contribution in [2.24, 2.45) is 34.5 Å². The number of hydrogen-bond donors (Lipinski definition) is 1. The molecule has 7 atom stereocenters. The van der Waals surface area contributed by atoms with Gasteiger partial charge in [0.15, 0.2) is 0 Å². The number of allylic oxidation sites excluding steroid dienone is 2. The van der Waals surface area contributed by atoms with Gasteiger partial charge in [-0.05, 0) is 98.7 Å². The van der Waals surface area contributed by atoms with Gasteiger partial charge in [-0.25, -0.2) is 0 Å². The molecule has 134 valence electrons. The van der Waals surface area contributed by atoms with Crippen molar-refractivity contribution in [3.05, 3.63) is 24.3 Å². The van der Waals surface area contributed by atoms with Gasteiger partial charge in [0, 0.05) is 0 Å². The third-order valence-corrected chi connectivity index (χ3v) is 8.99. The molecule has 0 aliphatic heterocycles. The molecule has 3 saturated carbocycles. The average molecular weight is 329 g/mol. The second kappa shape index (κ2) is 6.01. The van der Waals surface area contributed by atoms with Crippen molar-refractivity contribution >= 4 is 0 Å². The van der Waals surface area contributed by atoms with Crippen LogP contribution in [-0.2, 0) is 0 Å². The summed E-state index contributed by atoms with van der Waals surface area (Å²) in [7, 11) is 0. The van der Waals surface area contributed by atoms with Gasteiger partial charge in [-0.3, -0.25) is 0 Å². The van der Waals surface area contributed by atoms with Crippen LogP contribution in [0.1, 0.15) is 78.1 Å². The SMILES string of the molecule is C=CCC[C@H]1CC[C@H]2[C@@H]3CC=C4CC(O)CC[C@]4(C)[C@H]3CC[C@]12C. The molecule has 24 heavy (non-hydrogen) atoms. The van der Waals surface area contributed by atoms with Crippen LogP contribution in [0.15, 0.2) is 24.3 Å². The summed E-state index contributed by atoms with van der Waals surface area (Å²) in [5.41, 5.74) is 2.58. The molecular formula is C23H36O. The van der Waals surface area contributed by atoms with Crippen LogP contribution in [-0.4, -0.2) is 11.2 Å². The summed E-state index contributed by atoms with van der Waals surface area (Å²) in [5, 5.41) is 10.1. The van der Waals surface area contributed by atoms with Crippen molar-refractivity contribution < 1.29 is 5.11 Å². The van der Waals surface area contributed by atoms with Crippen molar-refractivity contribution in [1.29, 1.82) is 0 Å². The average Bonchev–Trinajstić information content (AvgIpc) is 2.90. The third kappa shape index (κ3) is 2.37. The zero-order valence-electron chi connectivity index (χ0n) is 15.8. The first-order valence-electron chi connectivity index (χ1n) is 10.5. The van der Waals surface area contributed by atoms with Crippen LogP contribution in [0.3, 0.4) is 0 Å². The van der Waals surface area contributed by atoms with Crippen molar-refractivity contribution in [2.75, 3.05) is 0 Å². The zero-order chi connectivity index (χ0) is 16.9. The second-order valence-electron chi connectivity index (χ2n) is 9.84. The molecule has 0 aromatic rings. The standard InChI is InChI=1S/C23H36O/c1-4-5-6-16-8-10-20-19-9-7-17-15-18(24)11-13-23(17,3)21(19)12-14-22(16,20)2/h4,7,16,18-21,24H,1,5-6,8-15H2,2-3H3/t16-,18?,19-,20-,21-,22+,23-/m0/s1. The van der Waals surface area contributed by atoms with Crippen molar-refractivity contribution in [1.82, 2.24) is 0 Å². The minimum atomic E-state index is -0.0792. The largest absolute Gasteiger partial charge is 0.393 e. The summed E-state index contributed by atoms with van der Waals surface area (Å²) in [6, 6.07) is 0. The summed E-state index contributed by atoms with van der Waals surface area (Å²) >= 11 is 0. The number of aliphatic hydroxyl groups excluding tert-OH is 1. The Morgan fingerprint density at radius 1 is 1.17 bits per heavy atom. The monoisotopic (exact) mass is 328 g/mol. The molecule has 0 bridgehead atoms. The fraction of sp³-hybridized carbons (Fsp3) is 0.826. The Morgan fingerprint density at radius 2 is 2.00 bits per heavy atom. The molecule has 4 aliphatic rings. The molecule has 4 rings (SSSR count). The lowest BCUT2D eigenvalue weighted by Crippen LogP contribution is -2.50. The summed E-state index contributed by atoms with van der Waals surface area (Å²) in [5.74, 6) is 3.64. The van der Waals surface area contributed by atoms with E-state index >= 15 is 0 Å². The number of hydrogen-bond acceptors (Lipinski definition) is 1. The lowest BCUT2D eigenvalue weighted by molar-refractivity contribution is -0.0504. The highest BCUT2D eigenvalue weighted by atomic mass is 16.3. The molecule has 1 unspecified atom stereocenters. The van der Waals surface area contributed by atoms with Crippen molar-refractivity contribution in [3.63, 3.8) is 0 Å². The van der Waals surface area contributed by atoms with Gasteiger partial charge in [0.1, 0.15) is 0 Å². The lowest BCUT2D eigenvalue weighted by atomic mass is 9.47. The quantitative estimate of drug-likeness (QED) is 0.640. The minimum Gasteiger partial charge on any atom is -0.393 e. The van der Waals surface area contributed by atoms with Crippen molar-refractivity contribution in [3.8, 4) is 0 Å². The molecule has 4 aliphatic carbocycles. The van der Waals surface area contributed by atoms with Gasteiger partial charge in [0.05, 0.1) is 6.10 Å². The Morgan fingerprint density at radius 3 is 2.79 bits per heavy atom. The molecule has 0 spiro atoms. The molecule has 0 heterocycles. The van der Waals surface area contributed by atoms with E-state index in [1.54, 1.807) is 5.57 Å². The lowest BCUT2D eigenvalue weighted by Gasteiger charge is -2.58. The molecule has 3 fully saturated rings. The van der Waals surface area contributed by atoms with Gasteiger partial charge < -0.3 is 5.11 Å². The first-order chi connectivity index (χ1) is 11.5. The number of fused-ring (bicyclic) bond motifs is 5. The van der Waals surface area contributed by atoms with Gasteiger partial charge >= 0.3 is 0 Å². The van der Waals surface area contributed by atoms with Crippen LogP contribution in [0, 0.1) is 34.5 Å². The van der Waals surface area contributed by atoms with E-state index in [9.17, 15) is 5.11 Å². The Bertz CT molecular complexity index is 534. The first kappa shape index (κ1) is 16.9. The van der Waals surface area contributed by atoms with Crippen LogP contribution in [0.25, 0.3) is 0 Å². The van der Waals surface area contributed by atoms with Crippen LogP contribution < -0.4 is 0 Å². The minimum absolute atomic E-state index is 0.0792. The molecule has 0 aromatic carbocycles. The van der Waals surface area contributed by atoms with E-state index in [0.29, 0.717) is 10.8 Å². The molecular weight excluding hydrogens is 292 g/mol. The van der Waals surface area contributed by atoms with Gasteiger partial charge in [0.2, 0.25) is 0 Å². The maximum atomic E-state index is 10.1. The van der Waals surface area contributed by atoms with E-state index in [-0.39, 0.29) is 6.10 Å². The van der Waals surface area contributed by atoms with Gasteiger partial charge in [-0.2, -0.15) is 0 Å². The van der Waals surface area contributed by atoms with E-state index in [0.717, 1.165) is 36.5 Å². The Kier molecular flexibility index (Phi) is 4.23. The highest BCUT2D eigenvalue weighted by Crippen LogP contribution is 2.66. The Balaban J connectivity index is 1.59. The van der Waals surface area contributed by atoms with Crippen molar-refractivity contribution in [2.45, 2.75) is 84.2 Å². The van der Waals surface area contributed by atoms with E-state index in [1.807, 2.05) is 0 Å². The zero-order valence-corrected chi connectivity index (χ0v) is 15.8. The molecule has 0 saturated heterocycles. The number of rotatable bonds is 3. The van der Waals surface area contributed by atoms with E-state index < -0.39 is 0 Å². The molecule has 1 nitrogen and oxygen atoms in total. The molecule has 0 aromatic heterocycles. The Labute approximate surface area is 148 Å². The molecule has 1 heteroatoms. The van der Waals surface area contributed by atoms with Crippen LogP contribution in [0.4, 0.5) is 0 Å². The van der Waals surface area contributed by atoms with Crippen LogP contribution in [0.5, 0.6) is 0 Å². The molecule has 0 radical (unpaired) electrons. The normalized spacial score (nSPS) is 50.5. The Hall–Kier alpha value is -0.560.